The predicted octanol–water partition coefficient (Wildman–Crippen LogP) is 2.19. The number of nitrogens with one attached hydrogen (secondary N) is 1. The second kappa shape index (κ2) is 5.43. The maximum atomic E-state index is 12.5. The summed E-state index contributed by atoms with van der Waals surface area (Å²) in [4.78, 5) is 16.7. The number of rotatable bonds is 4. The summed E-state index contributed by atoms with van der Waals surface area (Å²) in [5.74, 6) is 1.54. The molecule has 0 fully saturated rings. The number of Topliss-reactive ketones (excluding diaryl/α,β-unsaturated/α-hetero) is 1. The van der Waals surface area contributed by atoms with Gasteiger partial charge in [-0.2, -0.15) is 0 Å². The van der Waals surface area contributed by atoms with Gasteiger partial charge in [-0.1, -0.05) is 6.07 Å². The Balaban J connectivity index is 2.37. The summed E-state index contributed by atoms with van der Waals surface area (Å²) in [7, 11) is 1.61. The molecule has 0 saturated carbocycles. The molecule has 0 spiro atoms. The minimum absolute atomic E-state index is 0.0607. The van der Waals surface area contributed by atoms with Crippen molar-refractivity contribution in [2.75, 3.05) is 20.2 Å². The van der Waals surface area contributed by atoms with E-state index in [1.165, 1.54) is 0 Å². The zero-order chi connectivity index (χ0) is 14.0. The Morgan fingerprint density at radius 1 is 1.37 bits per heavy atom. The lowest BCUT2D eigenvalue weighted by molar-refractivity contribution is 0.0996. The van der Waals surface area contributed by atoms with Crippen molar-refractivity contribution in [2.45, 2.75) is 27.2 Å². The number of hydrogen-bond acceptors (Lipinski definition) is 4. The molecule has 4 heteroatoms. The number of methoxy groups -OCH3 is 1. The number of carbonyl (C=O) groups excluding carboxylic acids is 1. The molecule has 0 aromatic heterocycles. The lowest BCUT2D eigenvalue weighted by Gasteiger charge is -2.15. The van der Waals surface area contributed by atoms with Crippen LogP contribution >= 0.6 is 0 Å². The summed E-state index contributed by atoms with van der Waals surface area (Å²) >= 11 is 0. The van der Waals surface area contributed by atoms with E-state index in [9.17, 15) is 4.79 Å². The lowest BCUT2D eigenvalue weighted by atomic mass is 9.95. The van der Waals surface area contributed by atoms with Gasteiger partial charge in [0.05, 0.1) is 25.6 Å². The molecule has 1 aliphatic rings. The fourth-order valence-electron chi connectivity index (χ4n) is 2.46. The van der Waals surface area contributed by atoms with Gasteiger partial charge in [0.1, 0.15) is 11.6 Å². The highest BCUT2D eigenvalue weighted by Crippen LogP contribution is 2.30. The second-order valence-electron chi connectivity index (χ2n) is 4.90. The first-order valence-corrected chi connectivity index (χ1v) is 6.49. The third-order valence-corrected chi connectivity index (χ3v) is 3.54. The predicted molar refractivity (Wildman–Crippen MR) is 76.5 cm³/mol. The minimum Gasteiger partial charge on any atom is -0.496 e. The van der Waals surface area contributed by atoms with Gasteiger partial charge in [-0.25, -0.2) is 0 Å². The number of ketones is 1. The fraction of sp³-hybridized carbons (Fsp3) is 0.467. The Kier molecular flexibility index (Phi) is 3.88. The first-order chi connectivity index (χ1) is 9.04. The van der Waals surface area contributed by atoms with Gasteiger partial charge >= 0.3 is 0 Å². The average molecular weight is 260 g/mol. The molecule has 1 aromatic carbocycles. The average Bonchev–Trinajstić information content (AvgIpc) is 2.85. The molecule has 0 bridgehead atoms. The fourth-order valence-corrected chi connectivity index (χ4v) is 2.46. The van der Waals surface area contributed by atoms with Crippen LogP contribution in [0, 0.1) is 20.8 Å². The number of nitrogens with zero attached hydrogens (tertiary/aromatic N) is 1. The molecule has 1 N–H and O–H groups in total. The van der Waals surface area contributed by atoms with Crippen molar-refractivity contribution in [3.8, 4) is 5.75 Å². The smallest absolute Gasteiger partial charge is 0.174 e. The van der Waals surface area contributed by atoms with Crippen molar-refractivity contribution in [3.63, 3.8) is 0 Å². The molecule has 2 rings (SSSR count). The van der Waals surface area contributed by atoms with Crippen LogP contribution in [0.15, 0.2) is 11.1 Å². The molecule has 4 nitrogen and oxygen atoms in total. The lowest BCUT2D eigenvalue weighted by Crippen LogP contribution is -2.22. The molecule has 1 aromatic rings. The molecule has 1 heterocycles. The van der Waals surface area contributed by atoms with Crippen molar-refractivity contribution >= 4 is 11.6 Å². The number of aliphatic imine (C=N–C) groups is 1. The van der Waals surface area contributed by atoms with E-state index in [1.807, 2.05) is 26.8 Å². The van der Waals surface area contributed by atoms with Crippen LogP contribution in [-0.4, -0.2) is 31.8 Å². The van der Waals surface area contributed by atoms with Crippen molar-refractivity contribution < 1.29 is 9.53 Å². The number of benzene rings is 1. The number of carbonyl (C=O) groups is 1. The van der Waals surface area contributed by atoms with Crippen LogP contribution in [0.5, 0.6) is 5.75 Å². The first kappa shape index (κ1) is 13.6. The van der Waals surface area contributed by atoms with Crippen LogP contribution in [0.2, 0.25) is 0 Å². The van der Waals surface area contributed by atoms with Crippen molar-refractivity contribution in [1.29, 1.82) is 0 Å². The summed E-state index contributed by atoms with van der Waals surface area (Å²) in [6.45, 7) is 7.54. The summed E-state index contributed by atoms with van der Waals surface area (Å²) in [5.41, 5.74) is 3.81. The Morgan fingerprint density at radius 2 is 2.11 bits per heavy atom. The van der Waals surface area contributed by atoms with Crippen LogP contribution in [0.4, 0.5) is 0 Å². The van der Waals surface area contributed by atoms with Crippen LogP contribution in [-0.2, 0) is 0 Å². The van der Waals surface area contributed by atoms with E-state index in [4.69, 9.17) is 4.74 Å². The molecule has 0 radical (unpaired) electrons. The highest BCUT2D eigenvalue weighted by molar-refractivity contribution is 6.11. The monoisotopic (exact) mass is 260 g/mol. The van der Waals surface area contributed by atoms with Gasteiger partial charge in [-0.05, 0) is 37.5 Å². The van der Waals surface area contributed by atoms with Crippen molar-refractivity contribution in [3.05, 3.63) is 28.3 Å². The van der Waals surface area contributed by atoms with Gasteiger partial charge in [0, 0.05) is 6.54 Å². The van der Waals surface area contributed by atoms with Crippen LogP contribution in [0.25, 0.3) is 0 Å². The van der Waals surface area contributed by atoms with E-state index in [0.29, 0.717) is 17.7 Å². The summed E-state index contributed by atoms with van der Waals surface area (Å²) in [5, 5.41) is 3.13. The molecular formula is C15H20N2O2. The Bertz CT molecular complexity index is 548. The largest absolute Gasteiger partial charge is 0.496 e. The molecule has 0 atom stereocenters. The Morgan fingerprint density at radius 3 is 2.68 bits per heavy atom. The highest BCUT2D eigenvalue weighted by atomic mass is 16.5. The third kappa shape index (κ3) is 2.62. The molecular weight excluding hydrogens is 240 g/mol. The second-order valence-corrected chi connectivity index (χ2v) is 4.90. The molecule has 19 heavy (non-hydrogen) atoms. The first-order valence-electron chi connectivity index (χ1n) is 6.49. The Hall–Kier alpha value is -1.84. The number of ether oxygens (including phenoxy) is 1. The molecule has 0 saturated heterocycles. The summed E-state index contributed by atoms with van der Waals surface area (Å²) < 4.78 is 5.44. The molecule has 0 amide bonds. The Labute approximate surface area is 113 Å². The van der Waals surface area contributed by atoms with E-state index >= 15 is 0 Å². The number of aryl methyl sites for hydroxylation is 2. The molecule has 0 aliphatic carbocycles. The van der Waals surface area contributed by atoms with Crippen molar-refractivity contribution in [2.24, 2.45) is 4.99 Å². The third-order valence-electron chi connectivity index (χ3n) is 3.54. The zero-order valence-corrected chi connectivity index (χ0v) is 12.0. The normalized spacial score (nSPS) is 14.0. The van der Waals surface area contributed by atoms with E-state index in [0.717, 1.165) is 35.6 Å². The minimum atomic E-state index is 0.0607. The van der Waals surface area contributed by atoms with Crippen LogP contribution in [0.1, 0.15) is 33.5 Å². The zero-order valence-electron chi connectivity index (χ0n) is 12.0. The number of amidine groups is 1. The maximum Gasteiger partial charge on any atom is 0.174 e. The summed E-state index contributed by atoms with van der Waals surface area (Å²) in [6, 6.07) is 2.04. The standard InChI is InChI=1S/C15H20N2O2/c1-9-7-10(2)14(15(19-4)11(9)3)12(18)8-13-16-5-6-17-13/h7H,5-6,8H2,1-4H3,(H,16,17). The van der Waals surface area contributed by atoms with E-state index < -0.39 is 0 Å². The van der Waals surface area contributed by atoms with Gasteiger partial charge in [0.2, 0.25) is 0 Å². The SMILES string of the molecule is COc1c(C)c(C)cc(C)c1C(=O)CC1=NCCN1. The summed E-state index contributed by atoms with van der Waals surface area (Å²) in [6.07, 6.45) is 0.319. The van der Waals surface area contributed by atoms with Gasteiger partial charge in [0.25, 0.3) is 0 Å². The molecule has 102 valence electrons. The van der Waals surface area contributed by atoms with E-state index in [-0.39, 0.29) is 5.78 Å². The number of hydrogen-bond donors (Lipinski definition) is 1. The maximum absolute atomic E-state index is 12.5. The van der Waals surface area contributed by atoms with Gasteiger partial charge in [-0.15, -0.1) is 0 Å². The molecule has 1 aliphatic heterocycles. The van der Waals surface area contributed by atoms with Crippen molar-refractivity contribution in [1.82, 2.24) is 5.32 Å². The molecule has 0 unspecified atom stereocenters. The van der Waals surface area contributed by atoms with Gasteiger partial charge < -0.3 is 10.1 Å². The van der Waals surface area contributed by atoms with Gasteiger partial charge in [-0.3, -0.25) is 9.79 Å². The topological polar surface area (TPSA) is 50.7 Å². The van der Waals surface area contributed by atoms with Crippen LogP contribution in [0.3, 0.4) is 0 Å². The van der Waals surface area contributed by atoms with E-state index in [2.05, 4.69) is 10.3 Å². The van der Waals surface area contributed by atoms with Gasteiger partial charge in [0.15, 0.2) is 5.78 Å². The highest BCUT2D eigenvalue weighted by Gasteiger charge is 2.21. The quantitative estimate of drug-likeness (QED) is 0.844. The van der Waals surface area contributed by atoms with E-state index in [1.54, 1.807) is 7.11 Å². The van der Waals surface area contributed by atoms with Crippen LogP contribution < -0.4 is 10.1 Å².